The van der Waals surface area contributed by atoms with Crippen LogP contribution in [0.4, 0.5) is 17.6 Å². The van der Waals surface area contributed by atoms with E-state index in [9.17, 15) is 17.6 Å². The topological polar surface area (TPSA) is 30.2 Å². The summed E-state index contributed by atoms with van der Waals surface area (Å²) in [6.07, 6.45) is -2.85. The molecule has 2 aromatic heterocycles. The smallest absolute Gasteiger partial charge is 0.273 e. The van der Waals surface area contributed by atoms with E-state index in [1.165, 1.54) is 4.40 Å². The zero-order valence-electron chi connectivity index (χ0n) is 11.0. The first-order chi connectivity index (χ1) is 9.05. The van der Waals surface area contributed by atoms with E-state index >= 15 is 0 Å². The summed E-state index contributed by atoms with van der Waals surface area (Å²) in [5.41, 5.74) is -0.889. The number of hydrogen-bond donors (Lipinski definition) is 0. The van der Waals surface area contributed by atoms with Gasteiger partial charge in [-0.05, 0) is 0 Å². The summed E-state index contributed by atoms with van der Waals surface area (Å²) in [7, 11) is 0. The van der Waals surface area contributed by atoms with Gasteiger partial charge in [-0.15, -0.1) is 0 Å². The van der Waals surface area contributed by atoms with Crippen LogP contribution in [0.1, 0.15) is 32.2 Å². The predicted octanol–water partition coefficient (Wildman–Crippen LogP) is 4.04. The van der Waals surface area contributed by atoms with Gasteiger partial charge in [0.25, 0.3) is 0 Å². The van der Waals surface area contributed by atoms with Gasteiger partial charge in [-0.2, -0.15) is 8.78 Å². The number of halogens is 5. The number of fused-ring (bicyclic) bond motifs is 1. The lowest BCUT2D eigenvalue weighted by Gasteiger charge is -2.15. The summed E-state index contributed by atoms with van der Waals surface area (Å²) in [4.78, 5) is 7.49. The van der Waals surface area contributed by atoms with Crippen molar-refractivity contribution in [2.75, 3.05) is 0 Å². The predicted molar refractivity (Wildman–Crippen MR) is 66.6 cm³/mol. The van der Waals surface area contributed by atoms with Crippen LogP contribution in [-0.4, -0.2) is 20.8 Å². The highest BCUT2D eigenvalue weighted by atomic mass is 35.5. The molecule has 0 atom stereocenters. The molecule has 0 aromatic carbocycles. The minimum absolute atomic E-state index is 0.0604. The maximum Gasteiger partial charge on any atom is 0.349 e. The molecule has 2 heterocycles. The molecule has 0 radical (unpaired) electrons. The molecular weight excluding hydrogens is 298 g/mol. The van der Waals surface area contributed by atoms with Gasteiger partial charge in [0, 0.05) is 11.5 Å². The largest absolute Gasteiger partial charge is 0.349 e. The second-order valence-corrected chi connectivity index (χ2v) is 5.79. The standard InChI is InChI=1S/C12H12ClF4N3/c1-11(2,3)8-9(13)20-5-18-6(4-7(20)19-8)12(16,17)10(14)15/h4-5,10H,1-3H3. The van der Waals surface area contributed by atoms with Gasteiger partial charge in [0.2, 0.25) is 0 Å². The molecule has 0 unspecified atom stereocenters. The lowest BCUT2D eigenvalue weighted by Crippen LogP contribution is -2.25. The van der Waals surface area contributed by atoms with E-state index in [-0.39, 0.29) is 10.8 Å². The van der Waals surface area contributed by atoms with Crippen LogP contribution in [0.15, 0.2) is 12.4 Å². The molecule has 0 bridgehead atoms. The van der Waals surface area contributed by atoms with Crippen LogP contribution in [-0.2, 0) is 11.3 Å². The van der Waals surface area contributed by atoms with Crippen LogP contribution in [0.3, 0.4) is 0 Å². The first-order valence-electron chi connectivity index (χ1n) is 5.75. The second-order valence-electron chi connectivity index (χ2n) is 5.43. The Morgan fingerprint density at radius 2 is 1.85 bits per heavy atom. The first kappa shape index (κ1) is 15.0. The molecule has 0 saturated heterocycles. The lowest BCUT2D eigenvalue weighted by atomic mass is 9.93. The fraction of sp³-hybridized carbons (Fsp3) is 0.500. The lowest BCUT2D eigenvalue weighted by molar-refractivity contribution is -0.138. The molecule has 3 nitrogen and oxygen atoms in total. The molecule has 0 fully saturated rings. The van der Waals surface area contributed by atoms with Crippen LogP contribution < -0.4 is 0 Å². The zero-order chi connectivity index (χ0) is 15.3. The summed E-state index contributed by atoms with van der Waals surface area (Å²) >= 11 is 6.10. The van der Waals surface area contributed by atoms with Crippen LogP contribution >= 0.6 is 11.6 Å². The van der Waals surface area contributed by atoms with Crippen LogP contribution in [0.5, 0.6) is 0 Å². The maximum atomic E-state index is 13.3. The molecule has 20 heavy (non-hydrogen) atoms. The first-order valence-corrected chi connectivity index (χ1v) is 6.13. The quantitative estimate of drug-likeness (QED) is 0.784. The molecule has 110 valence electrons. The van der Waals surface area contributed by atoms with Gasteiger partial charge in [-0.1, -0.05) is 32.4 Å². The summed E-state index contributed by atoms with van der Waals surface area (Å²) in [5.74, 6) is -4.32. The minimum Gasteiger partial charge on any atom is -0.273 e. The number of imidazole rings is 1. The Kier molecular flexibility index (Phi) is 3.44. The Morgan fingerprint density at radius 3 is 2.35 bits per heavy atom. The van der Waals surface area contributed by atoms with Crippen LogP contribution in [0.2, 0.25) is 5.15 Å². The van der Waals surface area contributed by atoms with Gasteiger partial charge in [0.05, 0.1) is 5.69 Å². The van der Waals surface area contributed by atoms with Gasteiger partial charge in [-0.25, -0.2) is 18.7 Å². The van der Waals surface area contributed by atoms with E-state index in [0.29, 0.717) is 5.69 Å². The Hall–Kier alpha value is -1.37. The van der Waals surface area contributed by atoms with E-state index in [1.807, 2.05) is 20.8 Å². The number of rotatable bonds is 2. The molecule has 0 N–H and O–H groups in total. The molecule has 0 saturated carbocycles. The van der Waals surface area contributed by atoms with E-state index in [2.05, 4.69) is 9.97 Å². The van der Waals surface area contributed by atoms with Crippen molar-refractivity contribution in [3.63, 3.8) is 0 Å². The van der Waals surface area contributed by atoms with Gasteiger partial charge in [0.15, 0.2) is 0 Å². The average molecular weight is 310 g/mol. The van der Waals surface area contributed by atoms with E-state index < -0.39 is 23.5 Å². The zero-order valence-corrected chi connectivity index (χ0v) is 11.7. The monoisotopic (exact) mass is 309 g/mol. The number of alkyl halides is 4. The maximum absolute atomic E-state index is 13.3. The van der Waals surface area contributed by atoms with Crippen molar-refractivity contribution in [3.8, 4) is 0 Å². The average Bonchev–Trinajstić information content (AvgIpc) is 2.66. The van der Waals surface area contributed by atoms with Crippen LogP contribution in [0.25, 0.3) is 5.65 Å². The van der Waals surface area contributed by atoms with Gasteiger partial charge >= 0.3 is 12.3 Å². The summed E-state index contributed by atoms with van der Waals surface area (Å²) < 4.78 is 52.5. The molecule has 2 rings (SSSR count). The second kappa shape index (κ2) is 4.58. The van der Waals surface area contributed by atoms with Gasteiger partial charge in [-0.3, -0.25) is 4.40 Å². The molecule has 0 spiro atoms. The van der Waals surface area contributed by atoms with Crippen molar-refractivity contribution in [2.24, 2.45) is 0 Å². The van der Waals surface area contributed by atoms with Gasteiger partial charge < -0.3 is 0 Å². The normalized spacial score (nSPS) is 13.4. The third-order valence-electron chi connectivity index (χ3n) is 2.78. The van der Waals surface area contributed by atoms with E-state index in [4.69, 9.17) is 11.6 Å². The van der Waals surface area contributed by atoms with E-state index in [1.54, 1.807) is 0 Å². The van der Waals surface area contributed by atoms with Crippen molar-refractivity contribution in [2.45, 2.75) is 38.5 Å². The summed E-state index contributed by atoms with van der Waals surface area (Å²) in [6.45, 7) is 5.55. The van der Waals surface area contributed by atoms with Crippen LogP contribution in [0, 0.1) is 0 Å². The van der Waals surface area contributed by atoms with Crippen molar-refractivity contribution in [1.29, 1.82) is 0 Å². The van der Waals surface area contributed by atoms with Crippen molar-refractivity contribution in [3.05, 3.63) is 28.9 Å². The Labute approximate surface area is 117 Å². The fourth-order valence-electron chi connectivity index (χ4n) is 1.69. The molecule has 8 heteroatoms. The highest BCUT2D eigenvalue weighted by Crippen LogP contribution is 2.35. The molecular formula is C12H12ClF4N3. The van der Waals surface area contributed by atoms with Crippen molar-refractivity contribution in [1.82, 2.24) is 14.4 Å². The summed E-state index contributed by atoms with van der Waals surface area (Å²) in [5, 5.41) is 0.229. The Bertz CT molecular complexity index is 646. The van der Waals surface area contributed by atoms with Crippen molar-refractivity contribution >= 4 is 17.2 Å². The summed E-state index contributed by atoms with van der Waals surface area (Å²) in [6, 6.07) is 0.827. The highest BCUT2D eigenvalue weighted by molar-refractivity contribution is 6.30. The molecule has 0 aliphatic carbocycles. The Morgan fingerprint density at radius 1 is 1.25 bits per heavy atom. The van der Waals surface area contributed by atoms with Crippen molar-refractivity contribution < 1.29 is 17.6 Å². The van der Waals surface area contributed by atoms with E-state index in [0.717, 1.165) is 12.4 Å². The SMILES string of the molecule is CC(C)(C)c1nc2cc(C(F)(F)C(F)F)ncn2c1Cl. The fourth-order valence-corrected chi connectivity index (χ4v) is 2.15. The molecule has 0 aliphatic rings. The third-order valence-corrected chi connectivity index (χ3v) is 3.15. The number of nitrogens with zero attached hydrogens (tertiary/aromatic N) is 3. The molecule has 0 amide bonds. The third kappa shape index (κ3) is 2.34. The molecule has 2 aromatic rings. The Balaban J connectivity index is 2.62. The number of hydrogen-bond acceptors (Lipinski definition) is 2. The van der Waals surface area contributed by atoms with Gasteiger partial charge in [0.1, 0.15) is 22.8 Å². The number of aromatic nitrogens is 3. The minimum atomic E-state index is -4.32. The highest BCUT2D eigenvalue weighted by Gasteiger charge is 2.44. The molecule has 0 aliphatic heterocycles.